The van der Waals surface area contributed by atoms with Gasteiger partial charge in [-0.2, -0.15) is 5.26 Å². The van der Waals surface area contributed by atoms with E-state index in [-0.39, 0.29) is 11.9 Å². The third-order valence-corrected chi connectivity index (χ3v) is 3.33. The molecule has 2 heterocycles. The highest BCUT2D eigenvalue weighted by Crippen LogP contribution is 2.11. The van der Waals surface area contributed by atoms with Crippen molar-refractivity contribution in [1.29, 1.82) is 5.26 Å². The summed E-state index contributed by atoms with van der Waals surface area (Å²) in [6, 6.07) is 5.53. The first-order chi connectivity index (χ1) is 9.74. The maximum atomic E-state index is 12.1. The van der Waals surface area contributed by atoms with Crippen LogP contribution in [0.3, 0.4) is 0 Å². The minimum atomic E-state index is -0.164. The van der Waals surface area contributed by atoms with Crippen LogP contribution in [0.2, 0.25) is 0 Å². The Labute approximate surface area is 118 Å². The molecule has 106 valence electrons. The molecule has 1 aliphatic heterocycles. The molecule has 6 heteroatoms. The van der Waals surface area contributed by atoms with Crippen molar-refractivity contribution in [2.75, 3.05) is 26.2 Å². The van der Waals surface area contributed by atoms with E-state index in [0.29, 0.717) is 25.3 Å². The highest BCUT2D eigenvalue weighted by Gasteiger charge is 2.28. The Bertz CT molecular complexity index is 511. The Morgan fingerprint density at radius 2 is 2.55 bits per heavy atom. The summed E-state index contributed by atoms with van der Waals surface area (Å²) in [5.74, 6) is 0.0502. The number of likely N-dealkylation sites (N-methyl/N-ethyl adjacent to an activating group) is 1. The molecular weight excluding hydrogens is 254 g/mol. The molecule has 0 aliphatic carbocycles. The van der Waals surface area contributed by atoms with E-state index in [9.17, 15) is 4.79 Å². The van der Waals surface area contributed by atoms with Crippen LogP contribution in [0.15, 0.2) is 18.3 Å². The molecule has 0 saturated carbocycles. The second kappa shape index (κ2) is 6.98. The molecule has 0 bridgehead atoms. The lowest BCUT2D eigenvalue weighted by Gasteiger charge is -2.35. The van der Waals surface area contributed by atoms with Gasteiger partial charge in [-0.1, -0.05) is 0 Å². The molecule has 1 atom stereocenters. The van der Waals surface area contributed by atoms with Gasteiger partial charge in [0, 0.05) is 38.9 Å². The van der Waals surface area contributed by atoms with Crippen LogP contribution in [0.25, 0.3) is 0 Å². The van der Waals surface area contributed by atoms with Crippen LogP contribution in [0.1, 0.15) is 18.2 Å². The summed E-state index contributed by atoms with van der Waals surface area (Å²) in [7, 11) is 0. The van der Waals surface area contributed by atoms with Gasteiger partial charge in [-0.05, 0) is 24.6 Å². The quantitative estimate of drug-likeness (QED) is 0.798. The lowest BCUT2D eigenvalue weighted by molar-refractivity contribution is -0.127. The fourth-order valence-electron chi connectivity index (χ4n) is 2.35. The molecule has 0 spiro atoms. The molecule has 1 unspecified atom stereocenters. The summed E-state index contributed by atoms with van der Waals surface area (Å²) in [5, 5.41) is 15.0. The first-order valence-corrected chi connectivity index (χ1v) is 6.82. The molecule has 2 N–H and O–H groups in total. The third-order valence-electron chi connectivity index (χ3n) is 3.33. The molecule has 1 saturated heterocycles. The van der Waals surface area contributed by atoms with Crippen LogP contribution in [0, 0.1) is 11.3 Å². The monoisotopic (exact) mass is 273 g/mol. The molecule has 20 heavy (non-hydrogen) atoms. The van der Waals surface area contributed by atoms with E-state index in [0.717, 1.165) is 18.7 Å². The number of nitrogens with one attached hydrogen (secondary N) is 2. The second-order valence-corrected chi connectivity index (χ2v) is 4.75. The van der Waals surface area contributed by atoms with Gasteiger partial charge in [0.2, 0.25) is 5.91 Å². The number of pyridine rings is 1. The van der Waals surface area contributed by atoms with Crippen LogP contribution in [0.5, 0.6) is 0 Å². The number of hydrogen-bond acceptors (Lipinski definition) is 5. The van der Waals surface area contributed by atoms with Crippen molar-refractivity contribution in [3.8, 4) is 6.07 Å². The zero-order valence-corrected chi connectivity index (χ0v) is 11.6. The van der Waals surface area contributed by atoms with Crippen molar-refractivity contribution < 1.29 is 4.79 Å². The van der Waals surface area contributed by atoms with Crippen LogP contribution in [-0.4, -0.2) is 48.0 Å². The molecule has 1 aromatic heterocycles. The van der Waals surface area contributed by atoms with Gasteiger partial charge in [0.05, 0.1) is 0 Å². The smallest absolute Gasteiger partial charge is 0.238 e. The zero-order valence-electron chi connectivity index (χ0n) is 11.6. The Morgan fingerprint density at radius 3 is 3.30 bits per heavy atom. The van der Waals surface area contributed by atoms with Crippen LogP contribution < -0.4 is 10.6 Å². The van der Waals surface area contributed by atoms with E-state index in [2.05, 4.69) is 20.5 Å². The largest absolute Gasteiger partial charge is 0.355 e. The predicted molar refractivity (Wildman–Crippen MR) is 74.7 cm³/mol. The number of piperazine rings is 1. The van der Waals surface area contributed by atoms with Gasteiger partial charge in [-0.25, -0.2) is 4.98 Å². The number of aromatic nitrogens is 1. The highest BCUT2D eigenvalue weighted by atomic mass is 16.2. The summed E-state index contributed by atoms with van der Waals surface area (Å²) < 4.78 is 0. The maximum absolute atomic E-state index is 12.1. The molecule has 1 aliphatic rings. The molecule has 0 radical (unpaired) electrons. The Morgan fingerprint density at radius 1 is 1.70 bits per heavy atom. The number of carbonyl (C=O) groups is 1. The van der Waals surface area contributed by atoms with Gasteiger partial charge < -0.3 is 10.6 Å². The average molecular weight is 273 g/mol. The minimum absolute atomic E-state index is 0.0502. The van der Waals surface area contributed by atoms with Crippen molar-refractivity contribution in [1.82, 2.24) is 20.5 Å². The van der Waals surface area contributed by atoms with Gasteiger partial charge in [0.25, 0.3) is 0 Å². The normalized spacial score (nSPS) is 19.3. The van der Waals surface area contributed by atoms with Crippen molar-refractivity contribution in [3.05, 3.63) is 29.6 Å². The van der Waals surface area contributed by atoms with E-state index in [1.54, 1.807) is 12.3 Å². The highest BCUT2D eigenvalue weighted by molar-refractivity contribution is 5.82. The van der Waals surface area contributed by atoms with Gasteiger partial charge in [-0.15, -0.1) is 0 Å². The van der Waals surface area contributed by atoms with Gasteiger partial charge in [-0.3, -0.25) is 9.69 Å². The summed E-state index contributed by atoms with van der Waals surface area (Å²) in [5.41, 5.74) is 1.42. The topological polar surface area (TPSA) is 81.1 Å². The van der Waals surface area contributed by atoms with E-state index >= 15 is 0 Å². The standard InChI is InChI=1S/C14H19N5O/c1-2-17-14(20)13-9-16-5-6-19(13)10-11-3-4-18-12(7-11)8-15/h3-4,7,13,16H,2,5-6,9-10H2,1H3,(H,17,20). The third kappa shape index (κ3) is 3.53. The number of amides is 1. The van der Waals surface area contributed by atoms with Crippen molar-refractivity contribution in [2.24, 2.45) is 0 Å². The summed E-state index contributed by atoms with van der Waals surface area (Å²) >= 11 is 0. The molecule has 1 aromatic rings. The average Bonchev–Trinajstić information content (AvgIpc) is 2.48. The van der Waals surface area contributed by atoms with Crippen LogP contribution in [-0.2, 0) is 11.3 Å². The fraction of sp³-hybridized carbons (Fsp3) is 0.500. The van der Waals surface area contributed by atoms with E-state index in [1.807, 2.05) is 19.1 Å². The van der Waals surface area contributed by atoms with Gasteiger partial charge >= 0.3 is 0 Å². The lowest BCUT2D eigenvalue weighted by atomic mass is 10.1. The van der Waals surface area contributed by atoms with Crippen LogP contribution >= 0.6 is 0 Å². The lowest BCUT2D eigenvalue weighted by Crippen LogP contribution is -2.57. The summed E-state index contributed by atoms with van der Waals surface area (Å²) in [6.45, 7) is 5.54. The minimum Gasteiger partial charge on any atom is -0.355 e. The zero-order chi connectivity index (χ0) is 14.4. The van der Waals surface area contributed by atoms with E-state index in [1.165, 1.54) is 0 Å². The van der Waals surface area contributed by atoms with Crippen molar-refractivity contribution in [3.63, 3.8) is 0 Å². The number of rotatable bonds is 4. The molecule has 1 fully saturated rings. The molecule has 1 amide bonds. The Balaban J connectivity index is 2.08. The SMILES string of the molecule is CCNC(=O)C1CNCCN1Cc1ccnc(C#N)c1. The predicted octanol–water partition coefficient (Wildman–Crippen LogP) is -0.137. The van der Waals surface area contributed by atoms with Crippen molar-refractivity contribution in [2.45, 2.75) is 19.5 Å². The van der Waals surface area contributed by atoms with E-state index in [4.69, 9.17) is 5.26 Å². The fourth-order valence-corrected chi connectivity index (χ4v) is 2.35. The molecule has 2 rings (SSSR count). The maximum Gasteiger partial charge on any atom is 0.238 e. The molecular formula is C14H19N5O. The first kappa shape index (κ1) is 14.4. The Hall–Kier alpha value is -1.97. The Kier molecular flexibility index (Phi) is 5.04. The van der Waals surface area contributed by atoms with E-state index < -0.39 is 0 Å². The molecule has 0 aromatic carbocycles. The van der Waals surface area contributed by atoms with Gasteiger partial charge in [0.1, 0.15) is 17.8 Å². The summed E-state index contributed by atoms with van der Waals surface area (Å²) in [6.07, 6.45) is 1.64. The first-order valence-electron chi connectivity index (χ1n) is 6.82. The summed E-state index contributed by atoms with van der Waals surface area (Å²) in [4.78, 5) is 18.2. The second-order valence-electron chi connectivity index (χ2n) is 4.75. The number of nitrogens with zero attached hydrogens (tertiary/aromatic N) is 3. The number of nitriles is 1. The number of hydrogen-bond donors (Lipinski definition) is 2. The van der Waals surface area contributed by atoms with Crippen molar-refractivity contribution >= 4 is 5.91 Å². The van der Waals surface area contributed by atoms with Gasteiger partial charge in [0.15, 0.2) is 0 Å². The molecule has 6 nitrogen and oxygen atoms in total. The number of carbonyl (C=O) groups excluding carboxylic acids is 1. The van der Waals surface area contributed by atoms with Crippen LogP contribution in [0.4, 0.5) is 0 Å².